The number of H-pyrrole nitrogens is 1. The molecule has 1 aromatic rings. The van der Waals surface area contributed by atoms with Crippen LogP contribution >= 0.6 is 0 Å². The highest BCUT2D eigenvalue weighted by Gasteiger charge is 2.31. The molecule has 1 rings (SSSR count). The van der Waals surface area contributed by atoms with Gasteiger partial charge in [0.05, 0.1) is 5.56 Å². The molecule has 0 fully saturated rings. The molecular weight excluding hydrogens is 143 g/mol. The molecule has 0 aromatic carbocycles. The van der Waals surface area contributed by atoms with Crippen molar-refractivity contribution < 1.29 is 13.2 Å². The van der Waals surface area contributed by atoms with E-state index in [2.05, 4.69) is 11.1 Å². The summed E-state index contributed by atoms with van der Waals surface area (Å²) in [6, 6.07) is 2.14. The van der Waals surface area contributed by atoms with Gasteiger partial charge in [-0.25, -0.2) is 0 Å². The molecule has 0 aliphatic carbocycles. The van der Waals surface area contributed by atoms with Gasteiger partial charge in [-0.1, -0.05) is 0 Å². The fourth-order valence-electron chi connectivity index (χ4n) is 0.607. The molecule has 0 unspecified atom stereocenters. The lowest BCUT2D eigenvalue weighted by Crippen LogP contribution is -2.02. The maximum absolute atomic E-state index is 11.7. The van der Waals surface area contributed by atoms with Gasteiger partial charge in [0, 0.05) is 18.0 Å². The highest BCUT2D eigenvalue weighted by Crippen LogP contribution is 2.28. The summed E-state index contributed by atoms with van der Waals surface area (Å²) in [6.45, 7) is 1.52. The summed E-state index contributed by atoms with van der Waals surface area (Å²) >= 11 is 0. The Morgan fingerprint density at radius 2 is 2.10 bits per heavy atom. The summed E-state index contributed by atoms with van der Waals surface area (Å²) in [5.74, 6) is 0. The number of hydrogen-bond acceptors (Lipinski definition) is 0. The maximum Gasteiger partial charge on any atom is 0.418 e. The van der Waals surface area contributed by atoms with Gasteiger partial charge in [-0.05, 0) is 6.92 Å². The van der Waals surface area contributed by atoms with E-state index >= 15 is 0 Å². The molecule has 1 heterocycles. The lowest BCUT2D eigenvalue weighted by atomic mass is 10.3. The molecule has 1 radical (unpaired) electrons. The van der Waals surface area contributed by atoms with Crippen LogP contribution in [0.5, 0.6) is 0 Å². The zero-order valence-corrected chi connectivity index (χ0v) is 5.21. The second-order valence-electron chi connectivity index (χ2n) is 1.95. The van der Waals surface area contributed by atoms with Crippen molar-refractivity contribution in [2.75, 3.05) is 0 Å². The first-order chi connectivity index (χ1) is 4.50. The van der Waals surface area contributed by atoms with Gasteiger partial charge in [0.2, 0.25) is 0 Å². The first-order valence-corrected chi connectivity index (χ1v) is 2.64. The fourth-order valence-corrected chi connectivity index (χ4v) is 0.607. The second kappa shape index (κ2) is 2.04. The lowest BCUT2D eigenvalue weighted by molar-refractivity contribution is -0.137. The van der Waals surface area contributed by atoms with Crippen molar-refractivity contribution in [3.8, 4) is 0 Å². The molecule has 1 aromatic heterocycles. The Morgan fingerprint density at radius 3 is 2.30 bits per heavy atom. The fraction of sp³-hybridized carbons (Fsp3) is 0.333. The van der Waals surface area contributed by atoms with Crippen molar-refractivity contribution >= 4 is 0 Å². The number of hydrogen-bond donors (Lipinski definition) is 1. The zero-order chi connectivity index (χ0) is 7.78. The number of aromatic amines is 1. The minimum Gasteiger partial charge on any atom is -0.364 e. The Labute approximate surface area is 55.9 Å². The van der Waals surface area contributed by atoms with E-state index in [4.69, 9.17) is 0 Å². The van der Waals surface area contributed by atoms with Crippen LogP contribution in [0.15, 0.2) is 6.20 Å². The topological polar surface area (TPSA) is 15.8 Å². The van der Waals surface area contributed by atoms with E-state index in [0.29, 0.717) is 5.69 Å². The summed E-state index contributed by atoms with van der Waals surface area (Å²) in [5, 5.41) is 0. The van der Waals surface area contributed by atoms with Crippen LogP contribution in [0, 0.1) is 13.0 Å². The molecule has 4 heteroatoms. The van der Waals surface area contributed by atoms with Crippen molar-refractivity contribution in [2.45, 2.75) is 13.1 Å². The van der Waals surface area contributed by atoms with E-state index in [1.807, 2.05) is 0 Å². The SMILES string of the molecule is Cc1[c]c(C(F)(F)F)c[nH]1. The summed E-state index contributed by atoms with van der Waals surface area (Å²) in [5.41, 5.74) is -0.350. The second-order valence-corrected chi connectivity index (χ2v) is 1.95. The normalized spacial score (nSPS) is 12.0. The third-order valence-electron chi connectivity index (χ3n) is 1.06. The van der Waals surface area contributed by atoms with Crippen LogP contribution in [0.4, 0.5) is 13.2 Å². The van der Waals surface area contributed by atoms with Crippen molar-refractivity contribution in [1.82, 2.24) is 4.98 Å². The zero-order valence-electron chi connectivity index (χ0n) is 5.21. The van der Waals surface area contributed by atoms with Crippen LogP contribution in [0.1, 0.15) is 11.3 Å². The maximum atomic E-state index is 11.7. The van der Waals surface area contributed by atoms with Crippen LogP contribution in [-0.4, -0.2) is 4.98 Å². The van der Waals surface area contributed by atoms with Crippen molar-refractivity contribution in [3.05, 3.63) is 23.5 Å². The highest BCUT2D eigenvalue weighted by molar-refractivity contribution is 5.16. The number of rotatable bonds is 0. The van der Waals surface area contributed by atoms with Gasteiger partial charge in [-0.2, -0.15) is 13.2 Å². The molecule has 0 spiro atoms. The molecule has 0 atom stereocenters. The van der Waals surface area contributed by atoms with Crippen molar-refractivity contribution in [2.24, 2.45) is 0 Å². The Bertz CT molecular complexity index is 223. The summed E-state index contributed by atoms with van der Waals surface area (Å²) in [7, 11) is 0. The third kappa shape index (κ3) is 1.32. The average Bonchev–Trinajstić information content (AvgIpc) is 2.11. The predicted octanol–water partition coefficient (Wildman–Crippen LogP) is 2.14. The summed E-state index contributed by atoms with van der Waals surface area (Å²) < 4.78 is 35.2. The van der Waals surface area contributed by atoms with E-state index in [9.17, 15) is 13.2 Å². The van der Waals surface area contributed by atoms with E-state index in [1.165, 1.54) is 6.92 Å². The molecule has 0 amide bonds. The molecule has 0 aliphatic heterocycles. The molecule has 1 N–H and O–H groups in total. The van der Waals surface area contributed by atoms with Crippen molar-refractivity contribution in [3.63, 3.8) is 0 Å². The van der Waals surface area contributed by atoms with Gasteiger partial charge in [0.25, 0.3) is 0 Å². The first-order valence-electron chi connectivity index (χ1n) is 2.64. The molecule has 0 saturated heterocycles. The molecule has 1 nitrogen and oxygen atoms in total. The van der Waals surface area contributed by atoms with E-state index in [1.54, 1.807) is 0 Å². The Balaban J connectivity index is 2.96. The molecule has 0 saturated carbocycles. The Hall–Kier alpha value is -0.930. The monoisotopic (exact) mass is 148 g/mol. The number of halogens is 3. The smallest absolute Gasteiger partial charge is 0.364 e. The molecular formula is C6H5F3N. The number of aryl methyl sites for hydroxylation is 1. The number of nitrogens with one attached hydrogen (secondary N) is 1. The Morgan fingerprint density at radius 1 is 1.50 bits per heavy atom. The van der Waals surface area contributed by atoms with E-state index in [0.717, 1.165) is 6.20 Å². The van der Waals surface area contributed by atoms with Crippen LogP contribution in [0.25, 0.3) is 0 Å². The minimum atomic E-state index is -4.27. The average molecular weight is 148 g/mol. The molecule has 10 heavy (non-hydrogen) atoms. The number of aromatic nitrogens is 1. The molecule has 55 valence electrons. The van der Waals surface area contributed by atoms with Gasteiger partial charge in [0.15, 0.2) is 0 Å². The molecule has 0 bridgehead atoms. The largest absolute Gasteiger partial charge is 0.418 e. The van der Waals surface area contributed by atoms with Crippen LogP contribution in [0.2, 0.25) is 0 Å². The first kappa shape index (κ1) is 7.18. The van der Waals surface area contributed by atoms with Crippen molar-refractivity contribution in [1.29, 1.82) is 0 Å². The molecule has 0 aliphatic rings. The van der Waals surface area contributed by atoms with Crippen LogP contribution in [-0.2, 0) is 6.18 Å². The van der Waals surface area contributed by atoms with Gasteiger partial charge in [-0.15, -0.1) is 0 Å². The van der Waals surface area contributed by atoms with Gasteiger partial charge < -0.3 is 4.98 Å². The van der Waals surface area contributed by atoms with E-state index < -0.39 is 11.7 Å². The summed E-state index contributed by atoms with van der Waals surface area (Å²) in [4.78, 5) is 2.40. The van der Waals surface area contributed by atoms with Crippen LogP contribution < -0.4 is 0 Å². The predicted molar refractivity (Wildman–Crippen MR) is 29.4 cm³/mol. The van der Waals surface area contributed by atoms with Crippen LogP contribution in [0.3, 0.4) is 0 Å². The third-order valence-corrected chi connectivity index (χ3v) is 1.06. The standard InChI is InChI=1S/C6H5F3N/c1-4-2-5(3-10-4)6(7,8)9/h3,10H,1H3. The summed E-state index contributed by atoms with van der Waals surface area (Å²) in [6.07, 6.45) is -3.37. The lowest BCUT2D eigenvalue weighted by Gasteiger charge is -1.99. The highest BCUT2D eigenvalue weighted by atomic mass is 19.4. The van der Waals surface area contributed by atoms with E-state index in [-0.39, 0.29) is 0 Å². The van der Waals surface area contributed by atoms with Gasteiger partial charge in [0.1, 0.15) is 0 Å². The number of alkyl halides is 3. The van der Waals surface area contributed by atoms with Gasteiger partial charge in [-0.3, -0.25) is 0 Å². The minimum absolute atomic E-state index is 0.396. The quantitative estimate of drug-likeness (QED) is 0.580. The van der Waals surface area contributed by atoms with Gasteiger partial charge >= 0.3 is 6.18 Å². The Kier molecular flexibility index (Phi) is 1.46.